The van der Waals surface area contributed by atoms with Crippen LogP contribution in [0.2, 0.25) is 0 Å². The van der Waals surface area contributed by atoms with Crippen molar-refractivity contribution in [3.05, 3.63) is 34.7 Å². The first kappa shape index (κ1) is 37.6. The van der Waals surface area contributed by atoms with Gasteiger partial charge in [0.25, 0.3) is 5.91 Å². The van der Waals surface area contributed by atoms with E-state index in [4.69, 9.17) is 13.8 Å². The number of nitrogens with one attached hydrogen (secondary N) is 1. The minimum Gasteiger partial charge on any atom is -0.444 e. The largest absolute Gasteiger partial charge is 0.444 e. The summed E-state index contributed by atoms with van der Waals surface area (Å²) in [6.07, 6.45) is 3.06. The summed E-state index contributed by atoms with van der Waals surface area (Å²) in [6.45, 7) is 9.21. The zero-order valence-corrected chi connectivity index (χ0v) is 31.4. The van der Waals surface area contributed by atoms with E-state index in [0.717, 1.165) is 30.2 Å². The van der Waals surface area contributed by atoms with Crippen LogP contribution >= 0.6 is 18.9 Å². The summed E-state index contributed by atoms with van der Waals surface area (Å²) in [5, 5.41) is 3.28. The average molecular weight is 753 g/mol. The molecule has 4 heterocycles. The first-order valence-electron chi connectivity index (χ1n) is 17.8. The Kier molecular flexibility index (Phi) is 10.6. The number of hydrogen-bond acceptors (Lipinski definition) is 9. The van der Waals surface area contributed by atoms with E-state index >= 15 is 8.78 Å². The molecule has 5 atom stereocenters. The first-order valence-corrected chi connectivity index (χ1v) is 20.1. The second kappa shape index (κ2) is 14.4. The molecular weight excluding hydrogens is 705 g/mol. The summed E-state index contributed by atoms with van der Waals surface area (Å²) >= 11 is 1.10. The fourth-order valence-electron chi connectivity index (χ4n) is 7.55. The predicted octanol–water partition coefficient (Wildman–Crippen LogP) is 6.18. The average Bonchev–Trinajstić information content (AvgIpc) is 3.43. The molecule has 4 aliphatic rings. The molecule has 16 heteroatoms. The summed E-state index contributed by atoms with van der Waals surface area (Å²) in [5.41, 5.74) is -5.10. The van der Waals surface area contributed by atoms with Crippen molar-refractivity contribution in [1.82, 2.24) is 20.0 Å². The molecule has 0 unspecified atom stereocenters. The van der Waals surface area contributed by atoms with Gasteiger partial charge in [-0.2, -0.15) is 8.78 Å². The Balaban J connectivity index is 1.16. The van der Waals surface area contributed by atoms with Crippen LogP contribution in [0.3, 0.4) is 0 Å². The highest BCUT2D eigenvalue weighted by Crippen LogP contribution is 2.67. The summed E-state index contributed by atoms with van der Waals surface area (Å²) < 4.78 is 59.8. The van der Waals surface area contributed by atoms with Crippen LogP contribution in [0.4, 0.5) is 13.6 Å². The van der Waals surface area contributed by atoms with Crippen LogP contribution in [0.1, 0.15) is 82.0 Å². The summed E-state index contributed by atoms with van der Waals surface area (Å²) in [5.74, 6) is -0.219. The number of rotatable bonds is 9. The SMILES string of the molecule is CCOP(=O)(OCC)C(F)(F)c1ccc2sc(C(=O)N[C@H]3C[C@@H]4C[C@@H]4C[C@H]4CC[C@@H](C(=O)N5CCN(C(=O)OC(C)(C)C)CC5)N4C3=O)cc2c1. The van der Waals surface area contributed by atoms with E-state index in [0.29, 0.717) is 67.4 Å². The van der Waals surface area contributed by atoms with Gasteiger partial charge in [-0.25, -0.2) is 4.79 Å². The number of alkyl halides is 2. The number of benzene rings is 1. The molecule has 4 fully saturated rings. The van der Waals surface area contributed by atoms with Crippen molar-refractivity contribution in [3.63, 3.8) is 0 Å². The third-order valence-electron chi connectivity index (χ3n) is 10.1. The maximum Gasteiger partial charge on any atom is 0.410 e. The standard InChI is InChI=1S/C35H47F2N4O8PS/c1-6-47-50(46,48-7-2)35(36,37)24-8-11-28-23(17-24)20-29(51-28)30(42)38-26-19-22-16-21(22)18-25-9-10-27(41(25)31(26)43)32(44)39-12-14-40(15-13-39)33(45)49-34(3,4)5/h8,11,17,20-22,25-27H,6-7,9-10,12-16,18-19H2,1-5H3,(H,38,42)/t21-,22+,25-,26+,27+/m1/s1. The number of halogens is 2. The van der Waals surface area contributed by atoms with Crippen molar-refractivity contribution in [2.45, 2.75) is 96.1 Å². The smallest absolute Gasteiger partial charge is 0.410 e. The van der Waals surface area contributed by atoms with E-state index in [1.807, 2.05) is 0 Å². The van der Waals surface area contributed by atoms with Crippen LogP contribution in [-0.2, 0) is 33.6 Å². The van der Waals surface area contributed by atoms with E-state index in [1.165, 1.54) is 32.0 Å². The third-order valence-corrected chi connectivity index (χ3v) is 13.4. The van der Waals surface area contributed by atoms with E-state index in [2.05, 4.69) is 5.32 Å². The Labute approximate surface area is 300 Å². The van der Waals surface area contributed by atoms with E-state index in [-0.39, 0.29) is 35.9 Å². The lowest BCUT2D eigenvalue weighted by Crippen LogP contribution is -2.59. The van der Waals surface area contributed by atoms with Crippen molar-refractivity contribution in [1.29, 1.82) is 0 Å². The van der Waals surface area contributed by atoms with Gasteiger partial charge < -0.3 is 33.8 Å². The van der Waals surface area contributed by atoms with E-state index in [1.54, 1.807) is 35.5 Å². The van der Waals surface area contributed by atoms with Gasteiger partial charge in [0.05, 0.1) is 18.1 Å². The third kappa shape index (κ3) is 7.68. The Morgan fingerprint density at radius 1 is 0.941 bits per heavy atom. The fourth-order valence-corrected chi connectivity index (χ4v) is 10.0. The number of piperazine rings is 1. The molecule has 1 N–H and O–H groups in total. The van der Waals surface area contributed by atoms with Crippen molar-refractivity contribution < 1.29 is 46.3 Å². The van der Waals surface area contributed by atoms with Gasteiger partial charge in [0, 0.05) is 42.5 Å². The minimum atomic E-state index is -4.82. The number of thiophene rings is 1. The Bertz CT molecular complexity index is 1710. The minimum absolute atomic E-state index is 0.0991. The summed E-state index contributed by atoms with van der Waals surface area (Å²) in [6, 6.07) is 3.66. The lowest BCUT2D eigenvalue weighted by molar-refractivity contribution is -0.148. The number of ether oxygens (including phenoxy) is 1. The fraction of sp³-hybridized carbons (Fsp3) is 0.657. The maximum atomic E-state index is 15.5. The molecule has 3 aliphatic heterocycles. The van der Waals surface area contributed by atoms with Crippen molar-refractivity contribution >= 4 is 52.8 Å². The second-order valence-electron chi connectivity index (χ2n) is 14.8. The number of carbonyl (C=O) groups is 4. The van der Waals surface area contributed by atoms with Crippen LogP contribution in [0.25, 0.3) is 10.1 Å². The topological polar surface area (TPSA) is 135 Å². The monoisotopic (exact) mass is 752 g/mol. The van der Waals surface area contributed by atoms with Crippen LogP contribution in [0.15, 0.2) is 24.3 Å². The Hall–Kier alpha value is -3.13. The number of amides is 4. The Morgan fingerprint density at radius 2 is 1.59 bits per heavy atom. The number of carbonyl (C=O) groups excluding carboxylic acids is 4. The van der Waals surface area contributed by atoms with Crippen LogP contribution in [0.5, 0.6) is 0 Å². The van der Waals surface area contributed by atoms with Gasteiger partial charge in [-0.05, 0) is 102 Å². The second-order valence-corrected chi connectivity index (χ2v) is 17.9. The first-order chi connectivity index (χ1) is 24.0. The molecule has 0 spiro atoms. The molecule has 0 radical (unpaired) electrons. The molecule has 4 amide bonds. The number of fused-ring (bicyclic) bond motifs is 3. The maximum absolute atomic E-state index is 15.5. The molecule has 280 valence electrons. The summed E-state index contributed by atoms with van der Waals surface area (Å²) in [7, 11) is -4.82. The zero-order valence-electron chi connectivity index (χ0n) is 29.7. The molecule has 1 saturated carbocycles. The van der Waals surface area contributed by atoms with Crippen molar-refractivity contribution in [3.8, 4) is 0 Å². The molecule has 3 saturated heterocycles. The molecule has 1 aromatic heterocycles. The van der Waals surface area contributed by atoms with Crippen molar-refractivity contribution in [2.75, 3.05) is 39.4 Å². The molecule has 12 nitrogen and oxygen atoms in total. The van der Waals surface area contributed by atoms with Gasteiger partial charge in [-0.15, -0.1) is 11.3 Å². The lowest BCUT2D eigenvalue weighted by Gasteiger charge is -2.39. The lowest BCUT2D eigenvalue weighted by atomic mass is 9.99. The van der Waals surface area contributed by atoms with Gasteiger partial charge in [-0.1, -0.05) is 6.07 Å². The molecule has 1 aliphatic carbocycles. The molecular formula is C35H47F2N4O8PS. The molecule has 1 aromatic carbocycles. The molecule has 51 heavy (non-hydrogen) atoms. The van der Waals surface area contributed by atoms with Crippen molar-refractivity contribution in [2.24, 2.45) is 11.8 Å². The van der Waals surface area contributed by atoms with E-state index in [9.17, 15) is 23.7 Å². The molecule has 0 bridgehead atoms. The Morgan fingerprint density at radius 3 is 2.24 bits per heavy atom. The highest BCUT2D eigenvalue weighted by atomic mass is 32.1. The highest BCUT2D eigenvalue weighted by molar-refractivity contribution is 7.54. The highest BCUT2D eigenvalue weighted by Gasteiger charge is 2.55. The molecule has 2 aromatic rings. The van der Waals surface area contributed by atoms with Gasteiger partial charge in [-0.3, -0.25) is 18.9 Å². The quantitative estimate of drug-likeness (QED) is 0.300. The van der Waals surface area contributed by atoms with Gasteiger partial charge in [0.15, 0.2) is 0 Å². The molecule has 6 rings (SSSR count). The number of hydrogen-bond donors (Lipinski definition) is 1. The van der Waals surface area contributed by atoms with Gasteiger partial charge in [0.2, 0.25) is 11.8 Å². The zero-order chi connectivity index (χ0) is 36.9. The van der Waals surface area contributed by atoms with Crippen LogP contribution in [0, 0.1) is 11.8 Å². The van der Waals surface area contributed by atoms with Crippen LogP contribution in [-0.4, -0.2) is 102 Å². The van der Waals surface area contributed by atoms with Gasteiger partial charge >= 0.3 is 19.4 Å². The number of nitrogens with zero attached hydrogens (tertiary/aromatic N) is 3. The van der Waals surface area contributed by atoms with Gasteiger partial charge in [0.1, 0.15) is 17.7 Å². The van der Waals surface area contributed by atoms with Crippen LogP contribution < -0.4 is 5.32 Å². The van der Waals surface area contributed by atoms with E-state index < -0.39 is 48.5 Å². The predicted molar refractivity (Wildman–Crippen MR) is 187 cm³/mol. The summed E-state index contributed by atoms with van der Waals surface area (Å²) in [4.78, 5) is 59.6. The normalized spacial score (nSPS) is 25.6.